The first kappa shape index (κ1) is 14.7. The van der Waals surface area contributed by atoms with Gasteiger partial charge in [-0.15, -0.1) is 0 Å². The third-order valence-electron chi connectivity index (χ3n) is 2.89. The van der Waals surface area contributed by atoms with Gasteiger partial charge < -0.3 is 15.8 Å². The molecule has 18 heavy (non-hydrogen) atoms. The van der Waals surface area contributed by atoms with E-state index in [1.165, 1.54) is 0 Å². The minimum absolute atomic E-state index is 0.00949. The molecule has 0 aliphatic rings. The lowest BCUT2D eigenvalue weighted by molar-refractivity contribution is -0.126. The molecule has 4 nitrogen and oxygen atoms in total. The Kier molecular flexibility index (Phi) is 5.31. The fourth-order valence-electron chi connectivity index (χ4n) is 1.52. The van der Waals surface area contributed by atoms with Gasteiger partial charge in [0, 0.05) is 20.2 Å². The highest BCUT2D eigenvalue weighted by atomic mass is 16.5. The molecule has 0 heterocycles. The number of rotatable bonds is 6. The van der Waals surface area contributed by atoms with E-state index in [0.29, 0.717) is 19.5 Å². The Morgan fingerprint density at radius 2 is 1.83 bits per heavy atom. The average molecular weight is 250 g/mol. The number of ether oxygens (including phenoxy) is 1. The van der Waals surface area contributed by atoms with Crippen molar-refractivity contribution in [2.24, 2.45) is 5.73 Å². The summed E-state index contributed by atoms with van der Waals surface area (Å²) in [6, 6.07) is 7.90. The molecule has 0 radical (unpaired) electrons. The molecule has 1 amide bonds. The maximum Gasteiger partial charge on any atom is 0.223 e. The summed E-state index contributed by atoms with van der Waals surface area (Å²) < 4.78 is 5.22. The van der Waals surface area contributed by atoms with Crippen LogP contribution in [0.15, 0.2) is 24.3 Å². The lowest BCUT2D eigenvalue weighted by atomic mass is 10.0. The van der Waals surface area contributed by atoms with Gasteiger partial charge in [-0.25, -0.2) is 0 Å². The van der Waals surface area contributed by atoms with E-state index in [1.54, 1.807) is 7.11 Å². The number of nitrogens with one attached hydrogen (secondary N) is 1. The molecule has 0 unspecified atom stereocenters. The summed E-state index contributed by atoms with van der Waals surface area (Å²) >= 11 is 0. The van der Waals surface area contributed by atoms with Gasteiger partial charge >= 0.3 is 0 Å². The normalized spacial score (nSPS) is 11.3. The van der Waals surface area contributed by atoms with Crippen LogP contribution in [0.2, 0.25) is 0 Å². The standard InChI is InChI=1S/C14H22N2O2/c1-14(2,18-3)8-13(17)16-10-12-6-4-11(9-15)5-7-12/h4-7H,8-10,15H2,1-3H3,(H,16,17). The molecule has 0 fully saturated rings. The molecule has 1 aromatic rings. The third-order valence-corrected chi connectivity index (χ3v) is 2.89. The zero-order valence-electron chi connectivity index (χ0n) is 11.3. The van der Waals surface area contributed by atoms with Crippen LogP contribution in [0.25, 0.3) is 0 Å². The highest BCUT2D eigenvalue weighted by molar-refractivity contribution is 5.76. The molecule has 1 rings (SSSR count). The third kappa shape index (κ3) is 4.85. The fourth-order valence-corrected chi connectivity index (χ4v) is 1.52. The van der Waals surface area contributed by atoms with E-state index in [0.717, 1.165) is 11.1 Å². The van der Waals surface area contributed by atoms with Gasteiger partial charge in [-0.1, -0.05) is 24.3 Å². The predicted octanol–water partition coefficient (Wildman–Crippen LogP) is 1.58. The predicted molar refractivity (Wildman–Crippen MR) is 71.9 cm³/mol. The number of hydrogen-bond donors (Lipinski definition) is 2. The van der Waals surface area contributed by atoms with Gasteiger partial charge in [-0.2, -0.15) is 0 Å². The number of nitrogens with two attached hydrogens (primary N) is 1. The maximum absolute atomic E-state index is 11.7. The Labute approximate surface area is 109 Å². The number of carbonyl (C=O) groups is 1. The van der Waals surface area contributed by atoms with Crippen molar-refractivity contribution in [1.29, 1.82) is 0 Å². The van der Waals surface area contributed by atoms with E-state index < -0.39 is 5.60 Å². The lowest BCUT2D eigenvalue weighted by Crippen LogP contribution is -2.33. The van der Waals surface area contributed by atoms with E-state index in [-0.39, 0.29) is 5.91 Å². The summed E-state index contributed by atoms with van der Waals surface area (Å²) in [5, 5.41) is 2.88. The first-order chi connectivity index (χ1) is 8.46. The lowest BCUT2D eigenvalue weighted by Gasteiger charge is -2.21. The van der Waals surface area contributed by atoms with Crippen molar-refractivity contribution in [3.05, 3.63) is 35.4 Å². The molecular formula is C14H22N2O2. The molecule has 0 aliphatic carbocycles. The Balaban J connectivity index is 2.42. The second kappa shape index (κ2) is 6.52. The summed E-state index contributed by atoms with van der Waals surface area (Å²) in [5.41, 5.74) is 7.25. The van der Waals surface area contributed by atoms with Crippen LogP contribution in [-0.2, 0) is 22.6 Å². The fraction of sp³-hybridized carbons (Fsp3) is 0.500. The monoisotopic (exact) mass is 250 g/mol. The van der Waals surface area contributed by atoms with Crippen molar-refractivity contribution in [2.75, 3.05) is 7.11 Å². The molecule has 0 bridgehead atoms. The van der Waals surface area contributed by atoms with Crippen molar-refractivity contribution in [1.82, 2.24) is 5.32 Å². The second-order valence-corrected chi connectivity index (χ2v) is 4.94. The van der Waals surface area contributed by atoms with Crippen molar-refractivity contribution < 1.29 is 9.53 Å². The summed E-state index contributed by atoms with van der Waals surface area (Å²) in [6.07, 6.45) is 0.352. The largest absolute Gasteiger partial charge is 0.378 e. The van der Waals surface area contributed by atoms with Crippen molar-refractivity contribution >= 4 is 5.91 Å². The number of hydrogen-bond acceptors (Lipinski definition) is 3. The van der Waals surface area contributed by atoms with Crippen LogP contribution in [0, 0.1) is 0 Å². The smallest absolute Gasteiger partial charge is 0.223 e. The average Bonchev–Trinajstić information content (AvgIpc) is 2.36. The Morgan fingerprint density at radius 1 is 1.28 bits per heavy atom. The Bertz CT molecular complexity index is 385. The number of benzene rings is 1. The number of carbonyl (C=O) groups excluding carboxylic acids is 1. The summed E-state index contributed by atoms with van der Waals surface area (Å²) in [6.45, 7) is 4.85. The first-order valence-electron chi connectivity index (χ1n) is 6.06. The van der Waals surface area contributed by atoms with Crippen molar-refractivity contribution in [2.45, 2.75) is 39.0 Å². The maximum atomic E-state index is 11.7. The summed E-state index contributed by atoms with van der Waals surface area (Å²) in [4.78, 5) is 11.7. The van der Waals surface area contributed by atoms with Gasteiger partial charge in [0.05, 0.1) is 12.0 Å². The van der Waals surface area contributed by atoms with Crippen molar-refractivity contribution in [3.63, 3.8) is 0 Å². The van der Waals surface area contributed by atoms with Gasteiger partial charge in [0.15, 0.2) is 0 Å². The molecule has 0 saturated carbocycles. The molecule has 100 valence electrons. The van der Waals surface area contributed by atoms with Crippen LogP contribution >= 0.6 is 0 Å². The van der Waals surface area contributed by atoms with Crippen LogP contribution in [-0.4, -0.2) is 18.6 Å². The highest BCUT2D eigenvalue weighted by Gasteiger charge is 2.20. The minimum Gasteiger partial charge on any atom is -0.378 e. The summed E-state index contributed by atoms with van der Waals surface area (Å²) in [5.74, 6) is -0.00949. The zero-order chi connectivity index (χ0) is 13.6. The van der Waals surface area contributed by atoms with Crippen molar-refractivity contribution in [3.8, 4) is 0 Å². The molecule has 0 saturated heterocycles. The topological polar surface area (TPSA) is 64.3 Å². The van der Waals surface area contributed by atoms with Gasteiger partial charge in [-0.05, 0) is 25.0 Å². The van der Waals surface area contributed by atoms with Gasteiger partial charge in [0.2, 0.25) is 5.91 Å². The van der Waals surface area contributed by atoms with Gasteiger partial charge in [-0.3, -0.25) is 4.79 Å². The number of amides is 1. The minimum atomic E-state index is -0.423. The molecule has 0 atom stereocenters. The van der Waals surface area contributed by atoms with Crippen LogP contribution in [0.1, 0.15) is 31.4 Å². The van der Waals surface area contributed by atoms with E-state index in [4.69, 9.17) is 10.5 Å². The molecular weight excluding hydrogens is 228 g/mol. The van der Waals surface area contributed by atoms with Gasteiger partial charge in [0.25, 0.3) is 0 Å². The molecule has 0 aromatic heterocycles. The zero-order valence-corrected chi connectivity index (χ0v) is 11.3. The second-order valence-electron chi connectivity index (χ2n) is 4.94. The molecule has 4 heteroatoms. The molecule has 3 N–H and O–H groups in total. The molecule has 0 aliphatic heterocycles. The van der Waals surface area contributed by atoms with Gasteiger partial charge in [0.1, 0.15) is 0 Å². The highest BCUT2D eigenvalue weighted by Crippen LogP contribution is 2.12. The van der Waals surface area contributed by atoms with E-state index in [9.17, 15) is 4.79 Å². The SMILES string of the molecule is COC(C)(C)CC(=O)NCc1ccc(CN)cc1. The van der Waals surface area contributed by atoms with Crippen LogP contribution in [0.5, 0.6) is 0 Å². The first-order valence-corrected chi connectivity index (χ1v) is 6.06. The number of methoxy groups -OCH3 is 1. The Morgan fingerprint density at radius 3 is 2.33 bits per heavy atom. The molecule has 0 spiro atoms. The van der Waals surface area contributed by atoms with Crippen LogP contribution in [0.3, 0.4) is 0 Å². The van der Waals surface area contributed by atoms with Crippen LogP contribution < -0.4 is 11.1 Å². The van der Waals surface area contributed by atoms with E-state index >= 15 is 0 Å². The Hall–Kier alpha value is -1.39. The van der Waals surface area contributed by atoms with Crippen LogP contribution in [0.4, 0.5) is 0 Å². The molecule has 1 aromatic carbocycles. The van der Waals surface area contributed by atoms with E-state index in [2.05, 4.69) is 5.32 Å². The van der Waals surface area contributed by atoms with E-state index in [1.807, 2.05) is 38.1 Å². The quantitative estimate of drug-likeness (QED) is 0.805. The summed E-state index contributed by atoms with van der Waals surface area (Å²) in [7, 11) is 1.61.